The van der Waals surface area contributed by atoms with Crippen LogP contribution in [0.1, 0.15) is 24.4 Å². The minimum absolute atomic E-state index is 0.0644. The van der Waals surface area contributed by atoms with Crippen molar-refractivity contribution in [1.29, 1.82) is 0 Å². The molecule has 0 bridgehead atoms. The van der Waals surface area contributed by atoms with Crippen LogP contribution in [0, 0.1) is 11.6 Å². The molecule has 2 rings (SSSR count). The number of halogens is 2. The monoisotopic (exact) mass is 227 g/mol. The Morgan fingerprint density at radius 3 is 2.44 bits per heavy atom. The zero-order valence-electron chi connectivity index (χ0n) is 9.00. The Bertz CT molecular complexity index is 364. The second kappa shape index (κ2) is 4.89. The van der Waals surface area contributed by atoms with E-state index in [1.165, 1.54) is 12.1 Å². The Hall–Kier alpha value is -1.00. The van der Waals surface area contributed by atoms with Crippen LogP contribution in [-0.4, -0.2) is 29.7 Å². The number of hydrogen-bond acceptors (Lipinski definition) is 2. The topological polar surface area (TPSA) is 23.5 Å². The number of nitrogens with zero attached hydrogens (tertiary/aromatic N) is 1. The van der Waals surface area contributed by atoms with E-state index >= 15 is 0 Å². The lowest BCUT2D eigenvalue weighted by molar-refractivity contribution is 0.146. The Labute approximate surface area is 93.5 Å². The maximum Gasteiger partial charge on any atom is 0.159 e. The molecule has 1 aromatic carbocycles. The molecular weight excluding hydrogens is 212 g/mol. The molecule has 1 N–H and O–H groups in total. The van der Waals surface area contributed by atoms with Gasteiger partial charge >= 0.3 is 0 Å². The van der Waals surface area contributed by atoms with Crippen LogP contribution in [0.25, 0.3) is 0 Å². The van der Waals surface area contributed by atoms with Crippen LogP contribution >= 0.6 is 0 Å². The minimum Gasteiger partial charge on any atom is -0.394 e. The summed E-state index contributed by atoms with van der Waals surface area (Å²) in [7, 11) is 0. The van der Waals surface area contributed by atoms with Gasteiger partial charge < -0.3 is 5.11 Å². The van der Waals surface area contributed by atoms with Gasteiger partial charge in [-0.05, 0) is 43.6 Å². The maximum atomic E-state index is 13.1. The SMILES string of the molecule is OC[C@H](c1ccc(F)c(F)c1)N1CCCC1. The van der Waals surface area contributed by atoms with Gasteiger partial charge in [0.25, 0.3) is 0 Å². The van der Waals surface area contributed by atoms with Gasteiger partial charge in [-0.25, -0.2) is 8.78 Å². The predicted molar refractivity (Wildman–Crippen MR) is 57.0 cm³/mol. The highest BCUT2D eigenvalue weighted by atomic mass is 19.2. The summed E-state index contributed by atoms with van der Waals surface area (Å²) in [4.78, 5) is 2.10. The van der Waals surface area contributed by atoms with Crippen molar-refractivity contribution in [3.63, 3.8) is 0 Å². The van der Waals surface area contributed by atoms with Crippen molar-refractivity contribution < 1.29 is 13.9 Å². The molecule has 2 nitrogen and oxygen atoms in total. The van der Waals surface area contributed by atoms with Crippen LogP contribution in [0.15, 0.2) is 18.2 Å². The minimum atomic E-state index is -0.852. The van der Waals surface area contributed by atoms with Crippen molar-refractivity contribution in [2.24, 2.45) is 0 Å². The van der Waals surface area contributed by atoms with Gasteiger partial charge in [0.05, 0.1) is 12.6 Å². The Kier molecular flexibility index (Phi) is 3.51. The highest BCUT2D eigenvalue weighted by molar-refractivity contribution is 5.21. The molecule has 0 aromatic heterocycles. The summed E-state index contributed by atoms with van der Waals surface area (Å²) in [6.45, 7) is 1.75. The van der Waals surface area contributed by atoms with Crippen LogP contribution in [0.2, 0.25) is 0 Å². The molecule has 0 spiro atoms. The molecule has 88 valence electrons. The van der Waals surface area contributed by atoms with E-state index in [1.807, 2.05) is 0 Å². The Balaban J connectivity index is 2.22. The van der Waals surface area contributed by atoms with E-state index in [2.05, 4.69) is 4.90 Å². The van der Waals surface area contributed by atoms with E-state index in [9.17, 15) is 13.9 Å². The molecule has 1 aliphatic rings. The number of aliphatic hydroxyl groups excluding tert-OH is 1. The number of likely N-dealkylation sites (tertiary alicyclic amines) is 1. The molecule has 0 aliphatic carbocycles. The van der Waals surface area contributed by atoms with Gasteiger partial charge in [0.1, 0.15) is 0 Å². The fourth-order valence-electron chi connectivity index (χ4n) is 2.20. The lowest BCUT2D eigenvalue weighted by atomic mass is 10.1. The molecule has 0 saturated carbocycles. The molecule has 1 saturated heterocycles. The van der Waals surface area contributed by atoms with Gasteiger partial charge in [-0.1, -0.05) is 6.07 Å². The fraction of sp³-hybridized carbons (Fsp3) is 0.500. The second-order valence-corrected chi connectivity index (χ2v) is 4.11. The van der Waals surface area contributed by atoms with Crippen LogP contribution in [-0.2, 0) is 0 Å². The first-order valence-electron chi connectivity index (χ1n) is 5.52. The second-order valence-electron chi connectivity index (χ2n) is 4.11. The zero-order valence-corrected chi connectivity index (χ0v) is 9.00. The summed E-state index contributed by atoms with van der Waals surface area (Å²) in [6.07, 6.45) is 2.19. The van der Waals surface area contributed by atoms with Crippen molar-refractivity contribution in [1.82, 2.24) is 4.90 Å². The van der Waals surface area contributed by atoms with E-state index in [0.717, 1.165) is 32.0 Å². The first kappa shape index (κ1) is 11.5. The third-order valence-corrected chi connectivity index (χ3v) is 3.08. The van der Waals surface area contributed by atoms with Crippen molar-refractivity contribution >= 4 is 0 Å². The highest BCUT2D eigenvalue weighted by Gasteiger charge is 2.23. The number of hydrogen-bond donors (Lipinski definition) is 1. The van der Waals surface area contributed by atoms with Gasteiger partial charge in [0.15, 0.2) is 11.6 Å². The lowest BCUT2D eigenvalue weighted by Gasteiger charge is -2.26. The van der Waals surface area contributed by atoms with E-state index < -0.39 is 11.6 Å². The fourth-order valence-corrected chi connectivity index (χ4v) is 2.20. The summed E-state index contributed by atoms with van der Waals surface area (Å²) in [5, 5.41) is 9.34. The van der Waals surface area contributed by atoms with Crippen LogP contribution in [0.5, 0.6) is 0 Å². The maximum absolute atomic E-state index is 13.1. The van der Waals surface area contributed by atoms with Gasteiger partial charge in [0.2, 0.25) is 0 Å². The van der Waals surface area contributed by atoms with E-state index in [0.29, 0.717) is 5.56 Å². The molecule has 0 radical (unpaired) electrons. The molecule has 1 atom stereocenters. The Morgan fingerprint density at radius 2 is 1.88 bits per heavy atom. The van der Waals surface area contributed by atoms with Crippen molar-refractivity contribution in [3.05, 3.63) is 35.4 Å². The first-order valence-corrected chi connectivity index (χ1v) is 5.52. The molecule has 1 aromatic rings. The van der Waals surface area contributed by atoms with Crippen LogP contribution < -0.4 is 0 Å². The number of benzene rings is 1. The normalized spacial score (nSPS) is 18.9. The standard InChI is InChI=1S/C12H15F2NO/c13-10-4-3-9(7-11(10)14)12(8-16)15-5-1-2-6-15/h3-4,7,12,16H,1-2,5-6,8H2/t12-/m1/s1. The highest BCUT2D eigenvalue weighted by Crippen LogP contribution is 2.25. The molecule has 0 unspecified atom stereocenters. The molecule has 1 heterocycles. The van der Waals surface area contributed by atoms with Crippen molar-refractivity contribution in [3.8, 4) is 0 Å². The summed E-state index contributed by atoms with van der Waals surface area (Å²) >= 11 is 0. The molecule has 1 aliphatic heterocycles. The predicted octanol–water partition coefficient (Wildman–Crippen LogP) is 2.09. The summed E-state index contributed by atoms with van der Waals surface area (Å²) in [5.41, 5.74) is 0.642. The van der Waals surface area contributed by atoms with Gasteiger partial charge in [-0.2, -0.15) is 0 Å². The molecule has 16 heavy (non-hydrogen) atoms. The molecule has 4 heteroatoms. The van der Waals surface area contributed by atoms with Gasteiger partial charge in [0, 0.05) is 0 Å². The van der Waals surface area contributed by atoms with Crippen LogP contribution in [0.3, 0.4) is 0 Å². The number of rotatable bonds is 3. The molecule has 0 amide bonds. The Morgan fingerprint density at radius 1 is 1.19 bits per heavy atom. The average Bonchev–Trinajstić information content (AvgIpc) is 2.78. The first-order chi connectivity index (χ1) is 7.72. The van der Waals surface area contributed by atoms with Crippen LogP contribution in [0.4, 0.5) is 8.78 Å². The average molecular weight is 227 g/mol. The van der Waals surface area contributed by atoms with Crippen molar-refractivity contribution in [2.45, 2.75) is 18.9 Å². The third kappa shape index (κ3) is 2.23. The molecular formula is C12H15F2NO. The largest absolute Gasteiger partial charge is 0.394 e. The van der Waals surface area contributed by atoms with Crippen molar-refractivity contribution in [2.75, 3.05) is 19.7 Å². The van der Waals surface area contributed by atoms with Gasteiger partial charge in [-0.3, -0.25) is 4.90 Å². The summed E-state index contributed by atoms with van der Waals surface area (Å²) < 4.78 is 25.9. The quantitative estimate of drug-likeness (QED) is 0.854. The van der Waals surface area contributed by atoms with Gasteiger partial charge in [-0.15, -0.1) is 0 Å². The van der Waals surface area contributed by atoms with E-state index in [1.54, 1.807) is 0 Å². The van der Waals surface area contributed by atoms with E-state index in [-0.39, 0.29) is 12.6 Å². The summed E-state index contributed by atoms with van der Waals surface area (Å²) in [6, 6.07) is 3.62. The molecule has 1 fully saturated rings. The smallest absolute Gasteiger partial charge is 0.159 e. The third-order valence-electron chi connectivity index (χ3n) is 3.08. The lowest BCUT2D eigenvalue weighted by Crippen LogP contribution is -2.28. The summed E-state index contributed by atoms with van der Waals surface area (Å²) in [5.74, 6) is -1.70. The number of aliphatic hydroxyl groups is 1. The zero-order chi connectivity index (χ0) is 11.5. The van der Waals surface area contributed by atoms with E-state index in [4.69, 9.17) is 0 Å².